The van der Waals surface area contributed by atoms with Gasteiger partial charge in [0.05, 0.1) is 0 Å². The lowest BCUT2D eigenvalue weighted by atomic mass is 10.0. The number of amides is 2. The molecule has 0 heterocycles. The summed E-state index contributed by atoms with van der Waals surface area (Å²) in [6, 6.07) is 13.0. The maximum absolute atomic E-state index is 14.2. The smallest absolute Gasteiger partial charge is 0.261 e. The summed E-state index contributed by atoms with van der Waals surface area (Å²) < 4.78 is 19.9. The highest BCUT2D eigenvalue weighted by atomic mass is 19.1. The van der Waals surface area contributed by atoms with E-state index >= 15 is 0 Å². The van der Waals surface area contributed by atoms with Gasteiger partial charge in [0.25, 0.3) is 5.91 Å². The maximum atomic E-state index is 14.2. The van der Waals surface area contributed by atoms with Crippen LogP contribution < -0.4 is 10.1 Å². The van der Waals surface area contributed by atoms with Gasteiger partial charge in [0, 0.05) is 18.2 Å². The Balaban J connectivity index is 2.14. The van der Waals surface area contributed by atoms with Crippen LogP contribution in [-0.2, 0) is 16.1 Å². The molecule has 1 N–H and O–H groups in total. The third-order valence-corrected chi connectivity index (χ3v) is 5.38. The van der Waals surface area contributed by atoms with Gasteiger partial charge in [0.2, 0.25) is 5.91 Å². The molecule has 5 nitrogen and oxygen atoms in total. The molecule has 31 heavy (non-hydrogen) atoms. The molecule has 2 aromatic carbocycles. The largest absolute Gasteiger partial charge is 0.484 e. The van der Waals surface area contributed by atoms with Crippen molar-refractivity contribution in [2.45, 2.75) is 65.6 Å². The van der Waals surface area contributed by atoms with Crippen molar-refractivity contribution >= 4 is 11.8 Å². The first kappa shape index (κ1) is 24.4. The molecule has 0 aliphatic carbocycles. The normalized spacial score (nSPS) is 12.9. The first-order valence-corrected chi connectivity index (χ1v) is 10.8. The number of hydrogen-bond donors (Lipinski definition) is 1. The molecular formula is C25H33FN2O3. The Kier molecular flexibility index (Phi) is 9.03. The zero-order valence-corrected chi connectivity index (χ0v) is 19.0. The fourth-order valence-corrected chi connectivity index (χ4v) is 3.04. The number of rotatable bonds is 10. The van der Waals surface area contributed by atoms with E-state index in [9.17, 15) is 14.0 Å². The van der Waals surface area contributed by atoms with E-state index in [-0.39, 0.29) is 31.0 Å². The number of carbonyl (C=O) groups is 2. The van der Waals surface area contributed by atoms with Crippen molar-refractivity contribution < 1.29 is 18.7 Å². The van der Waals surface area contributed by atoms with Gasteiger partial charge in [-0.25, -0.2) is 4.39 Å². The molecule has 0 bridgehead atoms. The highest BCUT2D eigenvalue weighted by Crippen LogP contribution is 2.19. The molecule has 6 heteroatoms. The van der Waals surface area contributed by atoms with Crippen LogP contribution in [0.3, 0.4) is 0 Å². The molecule has 0 spiro atoms. The first-order chi connectivity index (χ1) is 14.7. The van der Waals surface area contributed by atoms with E-state index in [2.05, 4.69) is 19.2 Å². The number of halogens is 1. The molecule has 0 aliphatic rings. The summed E-state index contributed by atoms with van der Waals surface area (Å²) >= 11 is 0. The Hall–Kier alpha value is -2.89. The third-order valence-electron chi connectivity index (χ3n) is 5.38. The number of carbonyl (C=O) groups excluding carboxylic acids is 2. The Bertz CT molecular complexity index is 867. The molecule has 2 aromatic rings. The molecule has 0 saturated heterocycles. The Morgan fingerprint density at radius 3 is 2.26 bits per heavy atom. The van der Waals surface area contributed by atoms with Gasteiger partial charge in [-0.15, -0.1) is 0 Å². The van der Waals surface area contributed by atoms with Gasteiger partial charge in [-0.2, -0.15) is 0 Å². The fraction of sp³-hybridized carbons (Fsp3) is 0.440. The van der Waals surface area contributed by atoms with E-state index in [0.29, 0.717) is 17.2 Å². The van der Waals surface area contributed by atoms with Gasteiger partial charge < -0.3 is 15.0 Å². The molecule has 0 aromatic heterocycles. The quantitative estimate of drug-likeness (QED) is 0.599. The van der Waals surface area contributed by atoms with Crippen molar-refractivity contribution in [3.63, 3.8) is 0 Å². The van der Waals surface area contributed by atoms with Crippen molar-refractivity contribution in [3.8, 4) is 5.75 Å². The lowest BCUT2D eigenvalue weighted by Gasteiger charge is -2.29. The first-order valence-electron chi connectivity index (χ1n) is 10.8. The average molecular weight is 429 g/mol. The minimum absolute atomic E-state index is 0.0175. The van der Waals surface area contributed by atoms with Gasteiger partial charge in [0.15, 0.2) is 6.61 Å². The third kappa shape index (κ3) is 7.09. The van der Waals surface area contributed by atoms with E-state index in [1.165, 1.54) is 16.5 Å². The van der Waals surface area contributed by atoms with Crippen LogP contribution in [0.2, 0.25) is 0 Å². The van der Waals surface area contributed by atoms with E-state index in [4.69, 9.17) is 4.74 Å². The van der Waals surface area contributed by atoms with Crippen LogP contribution >= 0.6 is 0 Å². The SMILES string of the molecule is CCC(C)NC(=O)C(C)N(Cc1ccccc1F)C(=O)COc1ccc(C(C)C)cc1. The second-order valence-electron chi connectivity index (χ2n) is 8.12. The van der Waals surface area contributed by atoms with E-state index < -0.39 is 11.9 Å². The summed E-state index contributed by atoms with van der Waals surface area (Å²) in [4.78, 5) is 27.0. The van der Waals surface area contributed by atoms with E-state index in [1.54, 1.807) is 25.1 Å². The highest BCUT2D eigenvalue weighted by molar-refractivity contribution is 5.88. The highest BCUT2D eigenvalue weighted by Gasteiger charge is 2.27. The molecule has 0 saturated carbocycles. The summed E-state index contributed by atoms with van der Waals surface area (Å²) in [6.45, 7) is 9.46. The van der Waals surface area contributed by atoms with Gasteiger partial charge in [-0.3, -0.25) is 9.59 Å². The molecule has 2 amide bonds. The second-order valence-corrected chi connectivity index (χ2v) is 8.12. The lowest BCUT2D eigenvalue weighted by Crippen LogP contribution is -2.50. The summed E-state index contributed by atoms with van der Waals surface area (Å²) in [5.74, 6) is -0.111. The van der Waals surface area contributed by atoms with Gasteiger partial charge >= 0.3 is 0 Å². The number of ether oxygens (including phenoxy) is 1. The van der Waals surface area contributed by atoms with Crippen LogP contribution in [-0.4, -0.2) is 35.4 Å². The number of nitrogens with one attached hydrogen (secondary N) is 1. The molecule has 2 rings (SSSR count). The van der Waals surface area contributed by atoms with Crippen molar-refractivity contribution in [1.82, 2.24) is 10.2 Å². The predicted molar refractivity (Wildman–Crippen MR) is 120 cm³/mol. The number of nitrogens with zero attached hydrogens (tertiary/aromatic N) is 1. The molecule has 2 unspecified atom stereocenters. The zero-order valence-electron chi connectivity index (χ0n) is 19.0. The van der Waals surface area contributed by atoms with Crippen molar-refractivity contribution in [2.75, 3.05) is 6.61 Å². The Labute approximate surface area is 184 Å². The molecule has 0 fully saturated rings. The lowest BCUT2D eigenvalue weighted by molar-refractivity contribution is -0.142. The number of benzene rings is 2. The Morgan fingerprint density at radius 1 is 1.03 bits per heavy atom. The van der Waals surface area contributed by atoms with Crippen molar-refractivity contribution in [2.24, 2.45) is 0 Å². The van der Waals surface area contributed by atoms with E-state index in [0.717, 1.165) is 6.42 Å². The second kappa shape index (κ2) is 11.5. The summed E-state index contributed by atoms with van der Waals surface area (Å²) in [7, 11) is 0. The monoisotopic (exact) mass is 428 g/mol. The zero-order chi connectivity index (χ0) is 23.0. The molecule has 168 valence electrons. The molecule has 0 aliphatic heterocycles. The molecule has 2 atom stereocenters. The van der Waals surface area contributed by atoms with Crippen LogP contribution in [0, 0.1) is 5.82 Å². The predicted octanol–water partition coefficient (Wildman–Crippen LogP) is 4.66. The average Bonchev–Trinajstić information content (AvgIpc) is 2.76. The summed E-state index contributed by atoms with van der Waals surface area (Å²) in [5, 5.41) is 2.89. The minimum atomic E-state index is -0.770. The van der Waals surface area contributed by atoms with Crippen molar-refractivity contribution in [3.05, 3.63) is 65.5 Å². The number of hydrogen-bond acceptors (Lipinski definition) is 3. The van der Waals surface area contributed by atoms with Crippen LogP contribution in [0.4, 0.5) is 4.39 Å². The van der Waals surface area contributed by atoms with Crippen LogP contribution in [0.15, 0.2) is 48.5 Å². The molecule has 0 radical (unpaired) electrons. The van der Waals surface area contributed by atoms with Gasteiger partial charge in [0.1, 0.15) is 17.6 Å². The fourth-order valence-electron chi connectivity index (χ4n) is 3.04. The topological polar surface area (TPSA) is 58.6 Å². The molecular weight excluding hydrogens is 395 g/mol. The van der Waals surface area contributed by atoms with Crippen LogP contribution in [0.25, 0.3) is 0 Å². The maximum Gasteiger partial charge on any atom is 0.261 e. The summed E-state index contributed by atoms with van der Waals surface area (Å²) in [5.41, 5.74) is 1.52. The minimum Gasteiger partial charge on any atom is -0.484 e. The van der Waals surface area contributed by atoms with Gasteiger partial charge in [-0.05, 0) is 49.9 Å². The summed E-state index contributed by atoms with van der Waals surface area (Å²) in [6.07, 6.45) is 0.773. The van der Waals surface area contributed by atoms with Crippen LogP contribution in [0.5, 0.6) is 5.75 Å². The van der Waals surface area contributed by atoms with Gasteiger partial charge in [-0.1, -0.05) is 51.1 Å². The van der Waals surface area contributed by atoms with E-state index in [1.807, 2.05) is 38.1 Å². The standard InChI is InChI=1S/C25H33FN2O3/c1-6-18(4)27-25(30)19(5)28(15-21-9-7-8-10-23(21)26)24(29)16-31-22-13-11-20(12-14-22)17(2)3/h7-14,17-19H,6,15-16H2,1-5H3,(H,27,30). The Morgan fingerprint density at radius 2 is 1.68 bits per heavy atom. The van der Waals surface area contributed by atoms with Crippen molar-refractivity contribution in [1.29, 1.82) is 0 Å². The van der Waals surface area contributed by atoms with Crippen LogP contribution in [0.1, 0.15) is 58.1 Å².